The molecule has 0 aromatic rings. The summed E-state index contributed by atoms with van der Waals surface area (Å²) in [7, 11) is 0. The van der Waals surface area contributed by atoms with Gasteiger partial charge in [0.2, 0.25) is 0 Å². The van der Waals surface area contributed by atoms with Gasteiger partial charge < -0.3 is 9.80 Å². The van der Waals surface area contributed by atoms with Gasteiger partial charge in [-0.1, -0.05) is 6.42 Å². The quantitative estimate of drug-likeness (QED) is 0.524. The number of piperidine rings is 1. The molecule has 2 rings (SSSR count). The largest absolute Gasteiger partial charge is 0.302 e. The van der Waals surface area contributed by atoms with E-state index in [4.69, 9.17) is 0 Å². The van der Waals surface area contributed by atoms with Crippen molar-refractivity contribution in [3.63, 3.8) is 0 Å². The fourth-order valence-corrected chi connectivity index (χ4v) is 2.75. The normalized spacial score (nSPS) is 23.3. The van der Waals surface area contributed by atoms with Gasteiger partial charge in [-0.05, 0) is 51.9 Å². The topological polar surface area (TPSA) is 32.6 Å². The maximum atomic E-state index is 4.40. The van der Waals surface area contributed by atoms with E-state index in [0.717, 1.165) is 26.2 Å². The third-order valence-electron chi connectivity index (χ3n) is 3.83. The van der Waals surface area contributed by atoms with E-state index < -0.39 is 0 Å². The molecule has 2 aliphatic rings. The average molecular weight is 239 g/mol. The second kappa shape index (κ2) is 8.03. The second-order valence-corrected chi connectivity index (χ2v) is 5.24. The summed E-state index contributed by atoms with van der Waals surface area (Å²) in [4.78, 5) is 5.06. The van der Waals surface area contributed by atoms with Crippen molar-refractivity contribution < 1.29 is 0 Å². The van der Waals surface area contributed by atoms with Crippen LogP contribution in [0.3, 0.4) is 0 Å². The van der Waals surface area contributed by atoms with E-state index in [1.165, 1.54) is 58.3 Å². The van der Waals surface area contributed by atoms with Gasteiger partial charge in [-0.3, -0.25) is 0 Å². The highest BCUT2D eigenvalue weighted by molar-refractivity contribution is 4.67. The SMILES string of the molecule is C1CCN(CCN[N]CCN2CCCC2)CC1. The lowest BCUT2D eigenvalue weighted by Gasteiger charge is -2.26. The molecule has 0 amide bonds. The molecule has 2 fully saturated rings. The van der Waals surface area contributed by atoms with Crippen molar-refractivity contribution in [1.82, 2.24) is 20.7 Å². The Morgan fingerprint density at radius 3 is 2.06 bits per heavy atom. The van der Waals surface area contributed by atoms with Crippen LogP contribution in [0.2, 0.25) is 0 Å². The van der Waals surface area contributed by atoms with E-state index in [0.29, 0.717) is 0 Å². The van der Waals surface area contributed by atoms with Crippen molar-refractivity contribution in [3.05, 3.63) is 0 Å². The predicted octanol–water partition coefficient (Wildman–Crippen LogP) is 0.677. The molecule has 2 heterocycles. The van der Waals surface area contributed by atoms with E-state index in [9.17, 15) is 0 Å². The molecule has 1 N–H and O–H groups in total. The van der Waals surface area contributed by atoms with E-state index >= 15 is 0 Å². The van der Waals surface area contributed by atoms with Crippen molar-refractivity contribution in [2.45, 2.75) is 32.1 Å². The Morgan fingerprint density at radius 1 is 0.765 bits per heavy atom. The Morgan fingerprint density at radius 2 is 1.35 bits per heavy atom. The van der Waals surface area contributed by atoms with Crippen LogP contribution in [0.4, 0.5) is 0 Å². The molecule has 0 aromatic carbocycles. The zero-order valence-electron chi connectivity index (χ0n) is 11.0. The molecule has 0 bridgehead atoms. The minimum Gasteiger partial charge on any atom is -0.302 e. The van der Waals surface area contributed by atoms with Crippen molar-refractivity contribution in [2.75, 3.05) is 52.4 Å². The first-order valence-electron chi connectivity index (χ1n) is 7.29. The second-order valence-electron chi connectivity index (χ2n) is 5.24. The van der Waals surface area contributed by atoms with E-state index in [2.05, 4.69) is 20.7 Å². The van der Waals surface area contributed by atoms with Crippen LogP contribution in [-0.4, -0.2) is 62.2 Å². The molecule has 2 aliphatic heterocycles. The molecule has 0 atom stereocenters. The summed E-state index contributed by atoms with van der Waals surface area (Å²) < 4.78 is 0. The first kappa shape index (κ1) is 13.3. The monoisotopic (exact) mass is 239 g/mol. The summed E-state index contributed by atoms with van der Waals surface area (Å²) in [6.07, 6.45) is 6.94. The maximum Gasteiger partial charge on any atom is 0.0431 e. The van der Waals surface area contributed by atoms with Gasteiger partial charge in [0.15, 0.2) is 0 Å². The molecule has 99 valence electrons. The van der Waals surface area contributed by atoms with Gasteiger partial charge in [0.05, 0.1) is 0 Å². The van der Waals surface area contributed by atoms with Crippen LogP contribution in [0.25, 0.3) is 0 Å². The Kier molecular flexibility index (Phi) is 6.27. The molecule has 17 heavy (non-hydrogen) atoms. The minimum absolute atomic E-state index is 0.944. The van der Waals surface area contributed by atoms with Crippen molar-refractivity contribution in [3.8, 4) is 0 Å². The summed E-state index contributed by atoms with van der Waals surface area (Å²) in [6, 6.07) is 0. The van der Waals surface area contributed by atoms with Crippen LogP contribution in [0.1, 0.15) is 32.1 Å². The van der Waals surface area contributed by atoms with E-state index in [-0.39, 0.29) is 0 Å². The lowest BCUT2D eigenvalue weighted by atomic mass is 10.1. The maximum absolute atomic E-state index is 4.40. The van der Waals surface area contributed by atoms with Crippen LogP contribution >= 0.6 is 0 Å². The molecule has 1 radical (unpaired) electrons. The summed E-state index contributed by atoms with van der Waals surface area (Å²) in [5.41, 5.74) is 7.61. The highest BCUT2D eigenvalue weighted by Gasteiger charge is 2.11. The van der Waals surface area contributed by atoms with Crippen molar-refractivity contribution in [2.24, 2.45) is 0 Å². The highest BCUT2D eigenvalue weighted by atomic mass is 15.4. The standard InChI is InChI=1S/C13H27N4/c1-2-8-16(9-3-1)12-6-14-15-7-13-17-10-4-5-11-17/h14H,1-13H2. The third kappa shape index (κ3) is 5.34. The number of hydrogen-bond acceptors (Lipinski definition) is 3. The van der Waals surface area contributed by atoms with Crippen LogP contribution < -0.4 is 10.9 Å². The van der Waals surface area contributed by atoms with Gasteiger partial charge in [0, 0.05) is 26.2 Å². The predicted molar refractivity (Wildman–Crippen MR) is 71.0 cm³/mol. The molecule has 4 nitrogen and oxygen atoms in total. The van der Waals surface area contributed by atoms with Crippen molar-refractivity contribution in [1.29, 1.82) is 0 Å². The lowest BCUT2D eigenvalue weighted by Crippen LogP contribution is -2.39. The molecular formula is C13H27N4. The van der Waals surface area contributed by atoms with E-state index in [1.807, 2.05) is 0 Å². The van der Waals surface area contributed by atoms with Crippen molar-refractivity contribution >= 4 is 0 Å². The number of nitrogens with one attached hydrogen (secondary N) is 1. The first-order chi connectivity index (χ1) is 8.45. The van der Waals surface area contributed by atoms with Gasteiger partial charge in [-0.25, -0.2) is 5.43 Å². The molecule has 2 saturated heterocycles. The third-order valence-corrected chi connectivity index (χ3v) is 3.83. The molecular weight excluding hydrogens is 212 g/mol. The van der Waals surface area contributed by atoms with Gasteiger partial charge in [-0.2, -0.15) is 5.43 Å². The zero-order chi connectivity index (χ0) is 11.8. The molecule has 0 saturated carbocycles. The fraction of sp³-hybridized carbons (Fsp3) is 1.00. The van der Waals surface area contributed by atoms with Gasteiger partial charge in [-0.15, -0.1) is 0 Å². The Labute approximate surface area is 106 Å². The summed E-state index contributed by atoms with van der Waals surface area (Å²) in [6.45, 7) is 9.39. The van der Waals surface area contributed by atoms with Crippen LogP contribution in [0.15, 0.2) is 0 Å². The molecule has 0 aromatic heterocycles. The number of likely N-dealkylation sites (tertiary alicyclic amines) is 2. The highest BCUT2D eigenvalue weighted by Crippen LogP contribution is 2.07. The van der Waals surface area contributed by atoms with E-state index in [1.54, 1.807) is 0 Å². The minimum atomic E-state index is 0.944. The molecule has 4 heteroatoms. The van der Waals surface area contributed by atoms with Crippen LogP contribution in [0.5, 0.6) is 0 Å². The van der Waals surface area contributed by atoms with Gasteiger partial charge in [0.1, 0.15) is 0 Å². The number of rotatable bonds is 7. The fourth-order valence-electron chi connectivity index (χ4n) is 2.75. The molecule has 0 spiro atoms. The number of nitrogens with zero attached hydrogens (tertiary/aromatic N) is 3. The Balaban J connectivity index is 1.38. The Bertz CT molecular complexity index is 186. The summed E-state index contributed by atoms with van der Waals surface area (Å²) in [5.74, 6) is 0. The number of hydrogen-bond donors (Lipinski definition) is 1. The molecule has 0 aliphatic carbocycles. The lowest BCUT2D eigenvalue weighted by molar-refractivity contribution is 0.224. The zero-order valence-corrected chi connectivity index (χ0v) is 11.0. The van der Waals surface area contributed by atoms with Crippen LogP contribution in [-0.2, 0) is 0 Å². The first-order valence-corrected chi connectivity index (χ1v) is 7.29. The Hall–Kier alpha value is -0.160. The van der Waals surface area contributed by atoms with Gasteiger partial charge in [0.25, 0.3) is 0 Å². The van der Waals surface area contributed by atoms with Crippen LogP contribution in [0, 0.1) is 0 Å². The summed E-state index contributed by atoms with van der Waals surface area (Å²) >= 11 is 0. The molecule has 0 unspecified atom stereocenters. The summed E-state index contributed by atoms with van der Waals surface area (Å²) in [5, 5.41) is 0. The van der Waals surface area contributed by atoms with Gasteiger partial charge >= 0.3 is 0 Å². The average Bonchev–Trinajstić information content (AvgIpc) is 2.88. The smallest absolute Gasteiger partial charge is 0.0431 e.